The van der Waals surface area contributed by atoms with E-state index in [2.05, 4.69) is 0 Å². The summed E-state index contributed by atoms with van der Waals surface area (Å²) in [6.07, 6.45) is 2.62. The number of primary amides is 1. The number of hydrogen-bond donors (Lipinski definition) is 1. The largest absolute Gasteiger partial charge is 0.368 e. The van der Waals surface area contributed by atoms with Crippen molar-refractivity contribution in [2.45, 2.75) is 25.4 Å². The topological polar surface area (TPSA) is 52.3 Å². The van der Waals surface area contributed by atoms with Crippen molar-refractivity contribution in [3.05, 3.63) is 0 Å². The fourth-order valence-corrected chi connectivity index (χ4v) is 0.965. The number of carbonyl (C=O) groups is 1. The molecule has 1 rings (SSSR count). The average molecular weight is 129 g/mol. The van der Waals surface area contributed by atoms with E-state index in [1.807, 2.05) is 0 Å². The van der Waals surface area contributed by atoms with Crippen LogP contribution in [0.15, 0.2) is 0 Å². The fraction of sp³-hybridized carbons (Fsp3) is 0.833. The molecule has 0 spiro atoms. The van der Waals surface area contributed by atoms with Crippen LogP contribution < -0.4 is 5.73 Å². The van der Waals surface area contributed by atoms with Crippen LogP contribution in [0.2, 0.25) is 0 Å². The predicted molar refractivity (Wildman–Crippen MR) is 32.8 cm³/mol. The second kappa shape index (κ2) is 2.82. The lowest BCUT2D eigenvalue weighted by Gasteiger charge is -2.18. The van der Waals surface area contributed by atoms with Crippen LogP contribution in [0.5, 0.6) is 0 Å². The molecule has 1 saturated heterocycles. The van der Waals surface area contributed by atoms with Gasteiger partial charge in [0.25, 0.3) is 0 Å². The van der Waals surface area contributed by atoms with E-state index in [4.69, 9.17) is 10.5 Å². The highest BCUT2D eigenvalue weighted by molar-refractivity contribution is 5.78. The number of amides is 1. The molecule has 1 atom stereocenters. The van der Waals surface area contributed by atoms with Crippen molar-refractivity contribution < 1.29 is 9.53 Å². The maximum Gasteiger partial charge on any atom is 0.246 e. The minimum atomic E-state index is -0.324. The van der Waals surface area contributed by atoms with Gasteiger partial charge in [0.2, 0.25) is 5.91 Å². The molecular formula is C6H11NO2. The summed E-state index contributed by atoms with van der Waals surface area (Å²) in [7, 11) is 0. The second-order valence-corrected chi connectivity index (χ2v) is 2.26. The standard InChI is InChI=1S/C6H11NO2/c7-6(8)5-3-1-2-4-9-5/h5H,1-4H2,(H2,7,8)/t5-/m0/s1. The Morgan fingerprint density at radius 2 is 2.33 bits per heavy atom. The van der Waals surface area contributed by atoms with Crippen LogP contribution in [0.25, 0.3) is 0 Å². The Morgan fingerprint density at radius 3 is 2.67 bits per heavy atom. The quantitative estimate of drug-likeness (QED) is 0.543. The number of nitrogens with two attached hydrogens (primary N) is 1. The van der Waals surface area contributed by atoms with Gasteiger partial charge in [0.15, 0.2) is 0 Å². The average Bonchev–Trinajstić information content (AvgIpc) is 1.90. The highest BCUT2D eigenvalue weighted by Crippen LogP contribution is 2.11. The summed E-state index contributed by atoms with van der Waals surface area (Å²) < 4.78 is 5.06. The highest BCUT2D eigenvalue weighted by atomic mass is 16.5. The molecule has 1 heterocycles. The zero-order chi connectivity index (χ0) is 6.69. The lowest BCUT2D eigenvalue weighted by atomic mass is 10.1. The molecule has 0 aromatic carbocycles. The van der Waals surface area contributed by atoms with Gasteiger partial charge >= 0.3 is 0 Å². The Kier molecular flexibility index (Phi) is 2.05. The molecular weight excluding hydrogens is 118 g/mol. The van der Waals surface area contributed by atoms with Gasteiger partial charge in [-0.1, -0.05) is 0 Å². The van der Waals surface area contributed by atoms with Crippen LogP contribution in [-0.4, -0.2) is 18.6 Å². The first-order chi connectivity index (χ1) is 4.30. The molecule has 2 N–H and O–H groups in total. The van der Waals surface area contributed by atoms with Gasteiger partial charge in [-0.05, 0) is 19.3 Å². The first-order valence-corrected chi connectivity index (χ1v) is 3.21. The third kappa shape index (κ3) is 1.68. The first-order valence-electron chi connectivity index (χ1n) is 3.21. The Labute approximate surface area is 54.2 Å². The third-order valence-corrected chi connectivity index (χ3v) is 1.50. The van der Waals surface area contributed by atoms with Crippen molar-refractivity contribution in [2.24, 2.45) is 5.73 Å². The lowest BCUT2D eigenvalue weighted by molar-refractivity contribution is -0.132. The first kappa shape index (κ1) is 6.55. The van der Waals surface area contributed by atoms with E-state index in [9.17, 15) is 4.79 Å². The zero-order valence-corrected chi connectivity index (χ0v) is 5.30. The summed E-state index contributed by atoms with van der Waals surface area (Å²) >= 11 is 0. The van der Waals surface area contributed by atoms with Gasteiger partial charge in [0.1, 0.15) is 6.10 Å². The van der Waals surface area contributed by atoms with Gasteiger partial charge < -0.3 is 10.5 Å². The summed E-state index contributed by atoms with van der Waals surface area (Å²) in [5, 5.41) is 0. The molecule has 0 saturated carbocycles. The van der Waals surface area contributed by atoms with Crippen molar-refractivity contribution in [1.82, 2.24) is 0 Å². The van der Waals surface area contributed by atoms with E-state index in [0.29, 0.717) is 6.61 Å². The maximum atomic E-state index is 10.5. The number of carbonyl (C=O) groups excluding carboxylic acids is 1. The van der Waals surface area contributed by atoms with Gasteiger partial charge in [-0.25, -0.2) is 0 Å². The zero-order valence-electron chi connectivity index (χ0n) is 5.30. The van der Waals surface area contributed by atoms with E-state index in [1.54, 1.807) is 0 Å². The molecule has 0 aromatic rings. The fourth-order valence-electron chi connectivity index (χ4n) is 0.965. The van der Waals surface area contributed by atoms with E-state index in [0.717, 1.165) is 19.3 Å². The van der Waals surface area contributed by atoms with Crippen LogP contribution in [0, 0.1) is 0 Å². The van der Waals surface area contributed by atoms with Crippen LogP contribution in [0.3, 0.4) is 0 Å². The van der Waals surface area contributed by atoms with E-state index < -0.39 is 0 Å². The van der Waals surface area contributed by atoms with E-state index in [1.165, 1.54) is 0 Å². The summed E-state index contributed by atoms with van der Waals surface area (Å²) in [6, 6.07) is 0. The van der Waals surface area contributed by atoms with Crippen LogP contribution in [0.1, 0.15) is 19.3 Å². The maximum absolute atomic E-state index is 10.5. The van der Waals surface area contributed by atoms with Gasteiger partial charge in [-0.15, -0.1) is 0 Å². The summed E-state index contributed by atoms with van der Waals surface area (Å²) in [4.78, 5) is 10.5. The van der Waals surface area contributed by atoms with E-state index >= 15 is 0 Å². The van der Waals surface area contributed by atoms with Crippen LogP contribution in [0.4, 0.5) is 0 Å². The van der Waals surface area contributed by atoms with E-state index in [-0.39, 0.29) is 12.0 Å². The SMILES string of the molecule is NC(=O)[C@@H]1CCCCO1. The lowest BCUT2D eigenvalue weighted by Crippen LogP contribution is -2.33. The highest BCUT2D eigenvalue weighted by Gasteiger charge is 2.18. The van der Waals surface area contributed by atoms with Crippen LogP contribution >= 0.6 is 0 Å². The number of rotatable bonds is 1. The molecule has 0 aromatic heterocycles. The van der Waals surface area contributed by atoms with Crippen molar-refractivity contribution in [3.63, 3.8) is 0 Å². The summed E-state index contributed by atoms with van der Waals surface area (Å²) in [5.41, 5.74) is 5.00. The molecule has 1 amide bonds. The Balaban J connectivity index is 2.31. The molecule has 1 aliphatic heterocycles. The van der Waals surface area contributed by atoms with Gasteiger partial charge in [-0.2, -0.15) is 0 Å². The van der Waals surface area contributed by atoms with Crippen molar-refractivity contribution in [2.75, 3.05) is 6.61 Å². The van der Waals surface area contributed by atoms with Gasteiger partial charge in [0, 0.05) is 6.61 Å². The normalized spacial score (nSPS) is 27.8. The summed E-state index contributed by atoms with van der Waals surface area (Å²) in [5.74, 6) is -0.324. The number of hydrogen-bond acceptors (Lipinski definition) is 2. The second-order valence-electron chi connectivity index (χ2n) is 2.26. The Morgan fingerprint density at radius 1 is 1.56 bits per heavy atom. The molecule has 0 unspecified atom stereocenters. The number of ether oxygens (including phenoxy) is 1. The van der Waals surface area contributed by atoms with Crippen molar-refractivity contribution >= 4 is 5.91 Å². The predicted octanol–water partition coefficient (Wildman–Crippen LogP) is 0.0408. The Hall–Kier alpha value is -0.570. The molecule has 0 bridgehead atoms. The van der Waals surface area contributed by atoms with Gasteiger partial charge in [-0.3, -0.25) is 4.79 Å². The minimum absolute atomic E-state index is 0.307. The van der Waals surface area contributed by atoms with Crippen molar-refractivity contribution in [3.8, 4) is 0 Å². The molecule has 1 fully saturated rings. The minimum Gasteiger partial charge on any atom is -0.368 e. The molecule has 9 heavy (non-hydrogen) atoms. The summed E-state index contributed by atoms with van der Waals surface area (Å²) in [6.45, 7) is 0.688. The smallest absolute Gasteiger partial charge is 0.246 e. The monoisotopic (exact) mass is 129 g/mol. The molecule has 0 radical (unpaired) electrons. The Bertz CT molecular complexity index is 108. The molecule has 0 aliphatic carbocycles. The third-order valence-electron chi connectivity index (χ3n) is 1.50. The van der Waals surface area contributed by atoms with Crippen LogP contribution in [-0.2, 0) is 9.53 Å². The molecule has 3 heteroatoms. The molecule has 52 valence electrons. The molecule has 3 nitrogen and oxygen atoms in total. The van der Waals surface area contributed by atoms with Crippen molar-refractivity contribution in [1.29, 1.82) is 0 Å². The molecule has 1 aliphatic rings. The van der Waals surface area contributed by atoms with Gasteiger partial charge in [0.05, 0.1) is 0 Å².